The highest BCUT2D eigenvalue weighted by atomic mass is 32.2. The predicted octanol–water partition coefficient (Wildman–Crippen LogP) is 4.16. The van der Waals surface area contributed by atoms with E-state index in [0.717, 1.165) is 11.4 Å². The Morgan fingerprint density at radius 2 is 1.75 bits per heavy atom. The standard InChI is InChI=1S/C12H9NS.C2H6/c1-2-6-11-9(4-1)8-10-5-3-7-13-12(10)14-11;1-2/h1-7H,8H2;1-2H3. The highest BCUT2D eigenvalue weighted by Gasteiger charge is 2.15. The van der Waals surface area contributed by atoms with E-state index in [2.05, 4.69) is 35.3 Å². The summed E-state index contributed by atoms with van der Waals surface area (Å²) in [5, 5.41) is 1.16. The van der Waals surface area contributed by atoms with E-state index in [-0.39, 0.29) is 0 Å². The van der Waals surface area contributed by atoms with Crippen LogP contribution in [0.4, 0.5) is 0 Å². The molecule has 0 N–H and O–H groups in total. The third-order valence-electron chi connectivity index (χ3n) is 2.41. The van der Waals surface area contributed by atoms with Crippen molar-refractivity contribution in [1.29, 1.82) is 0 Å². The SMILES string of the molecule is CC.c1ccc2c(c1)Cc1cccnc1S2. The summed E-state index contributed by atoms with van der Waals surface area (Å²) in [7, 11) is 0. The fraction of sp³-hybridized carbons (Fsp3) is 0.214. The van der Waals surface area contributed by atoms with E-state index in [1.54, 1.807) is 11.8 Å². The van der Waals surface area contributed by atoms with Crippen LogP contribution in [0.15, 0.2) is 52.5 Å². The topological polar surface area (TPSA) is 12.9 Å². The molecular weight excluding hydrogens is 214 g/mol. The fourth-order valence-electron chi connectivity index (χ4n) is 1.71. The summed E-state index contributed by atoms with van der Waals surface area (Å²) in [6.07, 6.45) is 2.88. The number of benzene rings is 1. The molecule has 1 aromatic carbocycles. The normalized spacial score (nSPS) is 11.9. The van der Waals surface area contributed by atoms with E-state index < -0.39 is 0 Å². The molecule has 1 aliphatic rings. The maximum absolute atomic E-state index is 4.38. The van der Waals surface area contributed by atoms with Crippen LogP contribution in [-0.4, -0.2) is 4.98 Å². The lowest BCUT2D eigenvalue weighted by molar-refractivity contribution is 0.976. The van der Waals surface area contributed by atoms with E-state index in [4.69, 9.17) is 0 Å². The molecule has 2 aromatic rings. The Morgan fingerprint density at radius 1 is 1.00 bits per heavy atom. The maximum atomic E-state index is 4.38. The van der Waals surface area contributed by atoms with Crippen molar-refractivity contribution < 1.29 is 0 Å². The zero-order valence-corrected chi connectivity index (χ0v) is 10.4. The van der Waals surface area contributed by atoms with E-state index in [0.29, 0.717) is 0 Å². The van der Waals surface area contributed by atoms with Gasteiger partial charge in [0.1, 0.15) is 5.03 Å². The second kappa shape index (κ2) is 5.17. The largest absolute Gasteiger partial charge is 0.249 e. The molecule has 0 saturated carbocycles. The summed E-state index contributed by atoms with van der Waals surface area (Å²) >= 11 is 1.77. The van der Waals surface area contributed by atoms with Crippen LogP contribution < -0.4 is 0 Å². The summed E-state index contributed by atoms with van der Waals surface area (Å²) in [6, 6.07) is 12.7. The number of fused-ring (bicyclic) bond motifs is 2. The van der Waals surface area contributed by atoms with Crippen molar-refractivity contribution in [3.63, 3.8) is 0 Å². The van der Waals surface area contributed by atoms with Gasteiger partial charge < -0.3 is 0 Å². The number of aromatic nitrogens is 1. The number of rotatable bonds is 0. The molecule has 0 amide bonds. The molecule has 0 aliphatic carbocycles. The average Bonchev–Trinajstić information content (AvgIpc) is 2.38. The van der Waals surface area contributed by atoms with E-state index in [1.165, 1.54) is 16.0 Å². The molecular formula is C14H15NS. The maximum Gasteiger partial charge on any atom is 0.104 e. The van der Waals surface area contributed by atoms with Crippen molar-refractivity contribution in [2.24, 2.45) is 0 Å². The van der Waals surface area contributed by atoms with Crippen LogP contribution in [0.25, 0.3) is 0 Å². The van der Waals surface area contributed by atoms with Gasteiger partial charge in [-0.15, -0.1) is 0 Å². The highest BCUT2D eigenvalue weighted by molar-refractivity contribution is 7.99. The van der Waals surface area contributed by atoms with Crippen molar-refractivity contribution in [3.05, 3.63) is 53.7 Å². The fourth-order valence-corrected chi connectivity index (χ4v) is 2.72. The number of hydrogen-bond donors (Lipinski definition) is 0. The minimum absolute atomic E-state index is 1.02. The van der Waals surface area contributed by atoms with Gasteiger partial charge in [-0.1, -0.05) is 49.9 Å². The number of pyridine rings is 1. The number of nitrogens with zero attached hydrogens (tertiary/aromatic N) is 1. The van der Waals surface area contributed by atoms with Gasteiger partial charge in [-0.3, -0.25) is 0 Å². The lowest BCUT2D eigenvalue weighted by atomic mass is 10.1. The van der Waals surface area contributed by atoms with Crippen LogP contribution >= 0.6 is 11.8 Å². The molecule has 2 heterocycles. The first-order valence-corrected chi connectivity index (χ1v) is 6.45. The third kappa shape index (κ3) is 2.12. The van der Waals surface area contributed by atoms with Gasteiger partial charge in [0.05, 0.1) is 0 Å². The monoisotopic (exact) mass is 229 g/mol. The molecule has 0 unspecified atom stereocenters. The van der Waals surface area contributed by atoms with Gasteiger partial charge in [0.2, 0.25) is 0 Å². The van der Waals surface area contributed by atoms with E-state index in [1.807, 2.05) is 26.1 Å². The van der Waals surface area contributed by atoms with E-state index >= 15 is 0 Å². The van der Waals surface area contributed by atoms with Crippen molar-refractivity contribution in [3.8, 4) is 0 Å². The first-order chi connectivity index (χ1) is 7.93. The summed E-state index contributed by atoms with van der Waals surface area (Å²) < 4.78 is 0. The molecule has 0 atom stereocenters. The second-order valence-electron chi connectivity index (χ2n) is 3.35. The van der Waals surface area contributed by atoms with Crippen molar-refractivity contribution in [2.75, 3.05) is 0 Å². The molecule has 82 valence electrons. The van der Waals surface area contributed by atoms with Gasteiger partial charge in [0.25, 0.3) is 0 Å². The van der Waals surface area contributed by atoms with Crippen molar-refractivity contribution in [2.45, 2.75) is 30.2 Å². The smallest absolute Gasteiger partial charge is 0.104 e. The Kier molecular flexibility index (Phi) is 3.62. The molecule has 2 heteroatoms. The van der Waals surface area contributed by atoms with Gasteiger partial charge in [-0.25, -0.2) is 4.98 Å². The predicted molar refractivity (Wildman–Crippen MR) is 69.0 cm³/mol. The first-order valence-electron chi connectivity index (χ1n) is 5.63. The van der Waals surface area contributed by atoms with Gasteiger partial charge in [0.15, 0.2) is 0 Å². The zero-order valence-electron chi connectivity index (χ0n) is 9.60. The molecule has 0 radical (unpaired) electrons. The lowest BCUT2D eigenvalue weighted by Crippen LogP contribution is -2.00. The van der Waals surface area contributed by atoms with Crippen LogP contribution in [0, 0.1) is 0 Å². The van der Waals surface area contributed by atoms with Gasteiger partial charge >= 0.3 is 0 Å². The molecule has 3 rings (SSSR count). The molecule has 1 nitrogen and oxygen atoms in total. The Labute approximate surface area is 101 Å². The molecule has 0 spiro atoms. The van der Waals surface area contributed by atoms with Gasteiger partial charge in [0, 0.05) is 17.5 Å². The molecule has 1 aliphatic heterocycles. The van der Waals surface area contributed by atoms with Crippen LogP contribution in [0.5, 0.6) is 0 Å². The van der Waals surface area contributed by atoms with Crippen LogP contribution in [0.3, 0.4) is 0 Å². The zero-order chi connectivity index (χ0) is 11.4. The Hall–Kier alpha value is -1.28. The van der Waals surface area contributed by atoms with Crippen LogP contribution in [-0.2, 0) is 6.42 Å². The molecule has 1 aromatic heterocycles. The second-order valence-corrected chi connectivity index (χ2v) is 4.38. The summed E-state index contributed by atoms with van der Waals surface area (Å²) in [4.78, 5) is 5.73. The lowest BCUT2D eigenvalue weighted by Gasteiger charge is -2.16. The Bertz CT molecular complexity index is 392. The van der Waals surface area contributed by atoms with E-state index in [9.17, 15) is 0 Å². The van der Waals surface area contributed by atoms with Gasteiger partial charge in [-0.2, -0.15) is 0 Å². The van der Waals surface area contributed by atoms with Crippen molar-refractivity contribution >= 4 is 11.8 Å². The van der Waals surface area contributed by atoms with Crippen LogP contribution in [0.1, 0.15) is 25.0 Å². The molecule has 0 bridgehead atoms. The summed E-state index contributed by atoms with van der Waals surface area (Å²) in [6.45, 7) is 4.00. The molecule has 0 fully saturated rings. The first kappa shape index (κ1) is 11.2. The summed E-state index contributed by atoms with van der Waals surface area (Å²) in [5.41, 5.74) is 2.76. The Balaban J connectivity index is 0.000000457. The number of hydrogen-bond acceptors (Lipinski definition) is 2. The Morgan fingerprint density at radius 3 is 2.62 bits per heavy atom. The average molecular weight is 229 g/mol. The third-order valence-corrected chi connectivity index (χ3v) is 3.59. The highest BCUT2D eigenvalue weighted by Crippen LogP contribution is 2.37. The minimum Gasteiger partial charge on any atom is -0.249 e. The minimum atomic E-state index is 1.02. The van der Waals surface area contributed by atoms with Crippen molar-refractivity contribution in [1.82, 2.24) is 4.98 Å². The van der Waals surface area contributed by atoms with Crippen LogP contribution in [0.2, 0.25) is 0 Å². The quantitative estimate of drug-likeness (QED) is 0.574. The molecule has 0 saturated heterocycles. The molecule has 16 heavy (non-hydrogen) atoms. The van der Waals surface area contributed by atoms with Gasteiger partial charge in [-0.05, 0) is 23.3 Å². The summed E-state index contributed by atoms with van der Waals surface area (Å²) in [5.74, 6) is 0.